The van der Waals surface area contributed by atoms with Gasteiger partial charge >= 0.3 is 0 Å². The van der Waals surface area contributed by atoms with Crippen molar-refractivity contribution >= 4 is 23.1 Å². The smallest absolute Gasteiger partial charge is 0.292 e. The van der Waals surface area contributed by atoms with Crippen molar-refractivity contribution in [1.82, 2.24) is 15.2 Å². The third kappa shape index (κ3) is 3.44. The molecule has 2 rings (SSSR count). The molecule has 2 aromatic rings. The van der Waals surface area contributed by atoms with Crippen molar-refractivity contribution in [1.29, 1.82) is 0 Å². The van der Waals surface area contributed by atoms with Crippen LogP contribution in [0.15, 0.2) is 29.7 Å². The van der Waals surface area contributed by atoms with Gasteiger partial charge in [-0.3, -0.25) is 15.2 Å². The highest BCUT2D eigenvalue weighted by Gasteiger charge is 2.14. The van der Waals surface area contributed by atoms with E-state index in [0.717, 1.165) is 5.56 Å². The quantitative estimate of drug-likeness (QED) is 0.479. The molecule has 0 aliphatic carbocycles. The summed E-state index contributed by atoms with van der Waals surface area (Å²) in [5.41, 5.74) is 1.51. The molecule has 0 atom stereocenters. The summed E-state index contributed by atoms with van der Waals surface area (Å²) in [7, 11) is 0. The van der Waals surface area contributed by atoms with Crippen LogP contribution in [-0.4, -0.2) is 26.6 Å². The van der Waals surface area contributed by atoms with Crippen LogP contribution < -0.4 is 5.32 Å². The van der Waals surface area contributed by atoms with Crippen LogP contribution in [0.3, 0.4) is 0 Å². The third-order valence-electron chi connectivity index (χ3n) is 2.39. The van der Waals surface area contributed by atoms with E-state index in [1.807, 2.05) is 13.0 Å². The maximum atomic E-state index is 11.0. The number of nitrogens with zero attached hydrogens (tertiary/aromatic N) is 3. The summed E-state index contributed by atoms with van der Waals surface area (Å²) in [5.74, 6) is 0.600. The molecule has 2 N–H and O–H groups in total. The molecule has 0 radical (unpaired) electrons. The van der Waals surface area contributed by atoms with E-state index in [1.54, 1.807) is 12.1 Å². The number of hydrogen-bond acceptors (Lipinski definition) is 6. The molecule has 0 unspecified atom stereocenters. The largest absolute Gasteiger partial charge is 0.380 e. The van der Waals surface area contributed by atoms with Crippen LogP contribution in [0, 0.1) is 10.1 Å². The number of anilines is 1. The molecule has 0 amide bonds. The first-order chi connectivity index (χ1) is 9.20. The number of aromatic nitrogens is 3. The molecule has 0 saturated heterocycles. The maximum Gasteiger partial charge on any atom is 0.292 e. The standard InChI is InChI=1S/C11H13N5O2S/c1-2-12-9-4-3-8(5-10(9)16(17)18)6-19-11-13-7-14-15-11/h3-5,7,12H,2,6H2,1H3,(H,13,14,15). The van der Waals surface area contributed by atoms with E-state index < -0.39 is 0 Å². The van der Waals surface area contributed by atoms with Crippen LogP contribution in [0.25, 0.3) is 0 Å². The van der Waals surface area contributed by atoms with Gasteiger partial charge in [0.2, 0.25) is 0 Å². The molecule has 0 fully saturated rings. The predicted octanol–water partition coefficient (Wildman–Crippen LogP) is 2.44. The first-order valence-electron chi connectivity index (χ1n) is 5.70. The minimum Gasteiger partial charge on any atom is -0.380 e. The van der Waals surface area contributed by atoms with Crippen molar-refractivity contribution < 1.29 is 4.92 Å². The molecule has 1 heterocycles. The van der Waals surface area contributed by atoms with E-state index >= 15 is 0 Å². The first-order valence-corrected chi connectivity index (χ1v) is 6.68. The summed E-state index contributed by atoms with van der Waals surface area (Å²) >= 11 is 1.45. The van der Waals surface area contributed by atoms with Gasteiger partial charge in [-0.25, -0.2) is 4.98 Å². The Hall–Kier alpha value is -2.09. The zero-order valence-corrected chi connectivity index (χ0v) is 11.1. The summed E-state index contributed by atoms with van der Waals surface area (Å²) < 4.78 is 0. The van der Waals surface area contributed by atoms with Crippen LogP contribution in [0.2, 0.25) is 0 Å². The van der Waals surface area contributed by atoms with Crippen molar-refractivity contribution in [3.8, 4) is 0 Å². The van der Waals surface area contributed by atoms with E-state index in [9.17, 15) is 10.1 Å². The summed E-state index contributed by atoms with van der Waals surface area (Å²) in [6.45, 7) is 2.55. The Balaban J connectivity index is 2.13. The lowest BCUT2D eigenvalue weighted by Crippen LogP contribution is -2.01. The lowest BCUT2D eigenvalue weighted by Gasteiger charge is -2.06. The molecule has 7 nitrogen and oxygen atoms in total. The number of H-pyrrole nitrogens is 1. The fourth-order valence-corrected chi connectivity index (χ4v) is 2.30. The number of nitrogens with one attached hydrogen (secondary N) is 2. The average molecular weight is 279 g/mol. The molecule has 8 heteroatoms. The fraction of sp³-hybridized carbons (Fsp3) is 0.273. The van der Waals surface area contributed by atoms with E-state index in [2.05, 4.69) is 20.5 Å². The van der Waals surface area contributed by atoms with Crippen LogP contribution in [0.1, 0.15) is 12.5 Å². The number of thioether (sulfide) groups is 1. The van der Waals surface area contributed by atoms with Crippen molar-refractivity contribution in [2.45, 2.75) is 17.8 Å². The summed E-state index contributed by atoms with van der Waals surface area (Å²) in [6.07, 6.45) is 1.43. The minimum absolute atomic E-state index is 0.0949. The lowest BCUT2D eigenvalue weighted by molar-refractivity contribution is -0.384. The molecule has 0 aliphatic rings. The van der Waals surface area contributed by atoms with Crippen LogP contribution >= 0.6 is 11.8 Å². The maximum absolute atomic E-state index is 11.0. The Bertz CT molecular complexity index is 558. The Kier molecular flexibility index (Phi) is 4.35. The Morgan fingerprint density at radius 2 is 2.37 bits per heavy atom. The molecule has 0 bridgehead atoms. The normalized spacial score (nSPS) is 10.4. The SMILES string of the molecule is CCNc1ccc(CSc2ncn[nH]2)cc1[N+](=O)[O-]. The molecule has 0 spiro atoms. The second-order valence-electron chi connectivity index (χ2n) is 3.72. The highest BCUT2D eigenvalue weighted by atomic mass is 32.2. The minimum atomic E-state index is -0.374. The Labute approximate surface area is 114 Å². The van der Waals surface area contributed by atoms with Crippen molar-refractivity contribution in [3.05, 3.63) is 40.2 Å². The molecule has 0 aliphatic heterocycles. The van der Waals surface area contributed by atoms with E-state index in [1.165, 1.54) is 18.1 Å². The molecule has 19 heavy (non-hydrogen) atoms. The van der Waals surface area contributed by atoms with E-state index in [0.29, 0.717) is 23.1 Å². The van der Waals surface area contributed by atoms with Crippen molar-refractivity contribution in [2.24, 2.45) is 0 Å². The van der Waals surface area contributed by atoms with Gasteiger partial charge in [-0.05, 0) is 18.6 Å². The summed E-state index contributed by atoms with van der Waals surface area (Å²) in [4.78, 5) is 14.6. The number of rotatable bonds is 6. The van der Waals surface area contributed by atoms with Gasteiger partial charge in [0.05, 0.1) is 4.92 Å². The molecule has 0 saturated carbocycles. The lowest BCUT2D eigenvalue weighted by atomic mass is 10.2. The van der Waals surface area contributed by atoms with E-state index in [4.69, 9.17) is 0 Å². The zero-order valence-electron chi connectivity index (χ0n) is 10.3. The number of nitro benzene ring substituents is 1. The fourth-order valence-electron chi connectivity index (χ4n) is 1.57. The zero-order chi connectivity index (χ0) is 13.7. The Morgan fingerprint density at radius 3 is 3.00 bits per heavy atom. The van der Waals surface area contributed by atoms with Gasteiger partial charge in [0.1, 0.15) is 12.0 Å². The highest BCUT2D eigenvalue weighted by Crippen LogP contribution is 2.28. The van der Waals surface area contributed by atoms with Gasteiger partial charge in [0.15, 0.2) is 5.16 Å². The van der Waals surface area contributed by atoms with Gasteiger partial charge < -0.3 is 5.32 Å². The molecule has 1 aromatic carbocycles. The van der Waals surface area contributed by atoms with Gasteiger partial charge in [-0.2, -0.15) is 5.10 Å². The highest BCUT2D eigenvalue weighted by molar-refractivity contribution is 7.98. The third-order valence-corrected chi connectivity index (χ3v) is 3.34. The van der Waals surface area contributed by atoms with Crippen LogP contribution in [-0.2, 0) is 5.75 Å². The molecular weight excluding hydrogens is 266 g/mol. The number of benzene rings is 1. The molecule has 100 valence electrons. The van der Waals surface area contributed by atoms with Gasteiger partial charge in [0.25, 0.3) is 5.69 Å². The average Bonchev–Trinajstić information content (AvgIpc) is 2.91. The second-order valence-corrected chi connectivity index (χ2v) is 4.68. The van der Waals surface area contributed by atoms with Gasteiger partial charge in [0, 0.05) is 18.4 Å². The van der Waals surface area contributed by atoms with Crippen molar-refractivity contribution in [2.75, 3.05) is 11.9 Å². The second kappa shape index (κ2) is 6.19. The first kappa shape index (κ1) is 13.3. The molecular formula is C11H13N5O2S. The topological polar surface area (TPSA) is 96.7 Å². The number of nitro groups is 1. The number of hydrogen-bond donors (Lipinski definition) is 2. The van der Waals surface area contributed by atoms with Crippen molar-refractivity contribution in [3.63, 3.8) is 0 Å². The Morgan fingerprint density at radius 1 is 1.53 bits per heavy atom. The van der Waals surface area contributed by atoms with Crippen LogP contribution in [0.5, 0.6) is 0 Å². The van der Waals surface area contributed by atoms with Gasteiger partial charge in [-0.1, -0.05) is 17.8 Å². The van der Waals surface area contributed by atoms with E-state index in [-0.39, 0.29) is 10.6 Å². The molecule has 1 aromatic heterocycles. The summed E-state index contributed by atoms with van der Waals surface area (Å²) in [6, 6.07) is 5.19. The van der Waals surface area contributed by atoms with Crippen LogP contribution in [0.4, 0.5) is 11.4 Å². The predicted molar refractivity (Wildman–Crippen MR) is 73.2 cm³/mol. The van der Waals surface area contributed by atoms with Gasteiger partial charge in [-0.15, -0.1) is 0 Å². The summed E-state index contributed by atoms with van der Waals surface area (Å²) in [5, 5.41) is 21.2. The number of aromatic amines is 1. The monoisotopic (exact) mass is 279 g/mol.